The fourth-order valence-corrected chi connectivity index (χ4v) is 3.60. The molecule has 1 amide bonds. The Labute approximate surface area is 179 Å². The summed E-state index contributed by atoms with van der Waals surface area (Å²) in [5.41, 5.74) is -4.39. The Bertz CT molecular complexity index is 1080. The van der Waals surface area contributed by atoms with Crippen LogP contribution in [0.1, 0.15) is 28.4 Å². The molecule has 13 heteroatoms. The topological polar surface area (TPSA) is 75.7 Å². The fraction of sp³-hybridized carbons (Fsp3) is 0.316. The number of sulfonamides is 1. The molecule has 0 aromatic heterocycles. The number of alkyl halides is 6. The van der Waals surface area contributed by atoms with E-state index in [9.17, 15) is 39.6 Å². The third-order valence-electron chi connectivity index (χ3n) is 4.11. The molecular formula is C19H18F6N2O4S. The van der Waals surface area contributed by atoms with Crippen LogP contribution in [-0.2, 0) is 22.4 Å². The first kappa shape index (κ1) is 25.5. The van der Waals surface area contributed by atoms with Gasteiger partial charge in [0.05, 0.1) is 17.7 Å². The number of rotatable bonds is 6. The van der Waals surface area contributed by atoms with Crippen LogP contribution in [0.25, 0.3) is 0 Å². The second-order valence-corrected chi connectivity index (χ2v) is 8.75. The van der Waals surface area contributed by atoms with Crippen LogP contribution in [0.4, 0.5) is 32.0 Å². The lowest BCUT2D eigenvalue weighted by atomic mass is 10.0. The van der Waals surface area contributed by atoms with Gasteiger partial charge in [0.25, 0.3) is 5.91 Å². The molecule has 0 atom stereocenters. The maximum Gasteiger partial charge on any atom is 0.416 e. The zero-order valence-corrected chi connectivity index (χ0v) is 17.7. The summed E-state index contributed by atoms with van der Waals surface area (Å²) in [7, 11) is -1.55. The van der Waals surface area contributed by atoms with Crippen molar-refractivity contribution in [2.24, 2.45) is 0 Å². The number of hydrogen-bond donors (Lipinski definition) is 1. The quantitative estimate of drug-likeness (QED) is 0.607. The molecule has 0 heterocycles. The first-order valence-electron chi connectivity index (χ1n) is 8.87. The molecule has 0 saturated heterocycles. The lowest BCUT2D eigenvalue weighted by Crippen LogP contribution is -2.23. The van der Waals surface area contributed by atoms with Gasteiger partial charge in [0, 0.05) is 25.3 Å². The van der Waals surface area contributed by atoms with Gasteiger partial charge >= 0.3 is 12.4 Å². The van der Waals surface area contributed by atoms with Crippen LogP contribution < -0.4 is 10.1 Å². The van der Waals surface area contributed by atoms with Crippen LogP contribution in [-0.4, -0.2) is 39.3 Å². The minimum absolute atomic E-state index is 0.0439. The van der Waals surface area contributed by atoms with Crippen LogP contribution in [0.5, 0.6) is 5.75 Å². The molecule has 0 radical (unpaired) electrons. The third kappa shape index (κ3) is 5.71. The molecule has 0 unspecified atom stereocenters. The van der Waals surface area contributed by atoms with E-state index >= 15 is 0 Å². The van der Waals surface area contributed by atoms with E-state index in [1.54, 1.807) is 6.92 Å². The van der Waals surface area contributed by atoms with E-state index < -0.39 is 45.0 Å². The zero-order chi connectivity index (χ0) is 24.5. The predicted octanol–water partition coefficient (Wildman–Crippen LogP) is 4.63. The first-order chi connectivity index (χ1) is 14.6. The normalized spacial score (nSPS) is 12.7. The second kappa shape index (κ2) is 8.98. The molecule has 0 aliphatic heterocycles. The molecule has 0 saturated carbocycles. The van der Waals surface area contributed by atoms with Crippen molar-refractivity contribution >= 4 is 21.6 Å². The zero-order valence-electron chi connectivity index (χ0n) is 16.9. The van der Waals surface area contributed by atoms with E-state index in [2.05, 4.69) is 5.32 Å². The monoisotopic (exact) mass is 484 g/mol. The second-order valence-electron chi connectivity index (χ2n) is 6.63. The van der Waals surface area contributed by atoms with Gasteiger partial charge in [-0.3, -0.25) is 4.79 Å². The number of nitrogens with zero attached hydrogens (tertiary/aromatic N) is 1. The van der Waals surface area contributed by atoms with E-state index in [1.807, 2.05) is 0 Å². The number of carbonyl (C=O) groups is 1. The Morgan fingerprint density at radius 2 is 1.50 bits per heavy atom. The average molecular weight is 484 g/mol. The lowest BCUT2D eigenvalue weighted by molar-refractivity contribution is -0.143. The van der Waals surface area contributed by atoms with Crippen molar-refractivity contribution in [3.05, 3.63) is 53.1 Å². The van der Waals surface area contributed by atoms with Crippen molar-refractivity contribution in [3.63, 3.8) is 0 Å². The van der Waals surface area contributed by atoms with Crippen molar-refractivity contribution in [2.45, 2.75) is 24.2 Å². The summed E-state index contributed by atoms with van der Waals surface area (Å²) in [6.45, 7) is 1.72. The van der Waals surface area contributed by atoms with Gasteiger partial charge in [-0.05, 0) is 43.3 Å². The van der Waals surface area contributed by atoms with Crippen molar-refractivity contribution in [1.82, 2.24) is 4.31 Å². The van der Waals surface area contributed by atoms with Crippen molar-refractivity contribution in [1.29, 1.82) is 0 Å². The molecule has 176 valence electrons. The number of benzene rings is 2. The largest absolute Gasteiger partial charge is 0.492 e. The highest BCUT2D eigenvalue weighted by molar-refractivity contribution is 7.89. The average Bonchev–Trinajstić information content (AvgIpc) is 2.67. The Balaban J connectivity index is 2.51. The minimum Gasteiger partial charge on any atom is -0.492 e. The summed E-state index contributed by atoms with van der Waals surface area (Å²) >= 11 is 0. The van der Waals surface area contributed by atoms with Crippen LogP contribution in [0, 0.1) is 0 Å². The maximum absolute atomic E-state index is 13.0. The Kier molecular flexibility index (Phi) is 7.15. The Hall–Kier alpha value is -2.80. The molecule has 0 fully saturated rings. The molecule has 0 aliphatic carbocycles. The van der Waals surface area contributed by atoms with Gasteiger partial charge in [0.2, 0.25) is 10.0 Å². The van der Waals surface area contributed by atoms with Crippen molar-refractivity contribution in [3.8, 4) is 5.75 Å². The number of amides is 1. The minimum atomic E-state index is -5.12. The summed E-state index contributed by atoms with van der Waals surface area (Å²) in [6, 6.07) is 3.86. The number of anilines is 1. The highest BCUT2D eigenvalue weighted by Gasteiger charge is 2.37. The summed E-state index contributed by atoms with van der Waals surface area (Å²) in [6.07, 6.45) is -10.2. The number of nitrogens with one attached hydrogen (secondary N) is 1. The Morgan fingerprint density at radius 3 is 1.94 bits per heavy atom. The molecule has 2 aromatic rings. The van der Waals surface area contributed by atoms with E-state index in [4.69, 9.17) is 4.74 Å². The molecular weight excluding hydrogens is 466 g/mol. The van der Waals surface area contributed by atoms with Crippen LogP contribution in [0.2, 0.25) is 0 Å². The molecule has 1 N–H and O–H groups in total. The van der Waals surface area contributed by atoms with Crippen LogP contribution in [0.3, 0.4) is 0 Å². The van der Waals surface area contributed by atoms with Gasteiger partial charge < -0.3 is 10.1 Å². The number of halogens is 6. The van der Waals surface area contributed by atoms with Gasteiger partial charge in [-0.2, -0.15) is 26.3 Å². The van der Waals surface area contributed by atoms with E-state index in [1.165, 1.54) is 26.2 Å². The molecule has 0 aliphatic rings. The van der Waals surface area contributed by atoms with Gasteiger partial charge in [-0.1, -0.05) is 0 Å². The van der Waals surface area contributed by atoms with Crippen molar-refractivity contribution < 1.29 is 44.3 Å². The summed E-state index contributed by atoms with van der Waals surface area (Å²) in [5.74, 6) is -1.34. The lowest BCUT2D eigenvalue weighted by Gasteiger charge is -2.17. The van der Waals surface area contributed by atoms with Crippen molar-refractivity contribution in [2.75, 3.05) is 26.0 Å². The highest BCUT2D eigenvalue weighted by Crippen LogP contribution is 2.36. The van der Waals surface area contributed by atoms with Crippen LogP contribution >= 0.6 is 0 Å². The fourth-order valence-electron chi connectivity index (χ4n) is 2.55. The number of ether oxygens (including phenoxy) is 1. The van der Waals surface area contributed by atoms with E-state index in [0.717, 1.165) is 10.4 Å². The molecule has 0 spiro atoms. The molecule has 6 nitrogen and oxygen atoms in total. The number of hydrogen-bond acceptors (Lipinski definition) is 4. The maximum atomic E-state index is 13.0. The van der Waals surface area contributed by atoms with Gasteiger partial charge in [-0.25, -0.2) is 12.7 Å². The standard InChI is InChI=1S/C19H18F6N2O4S/c1-4-31-15-6-5-14(10-16(15)32(29,30)27(2)3)26-17(28)11-7-12(18(20,21)22)9-13(8-11)19(23,24)25/h5-10H,4H2,1-3H3,(H,26,28). The first-order valence-corrected chi connectivity index (χ1v) is 10.3. The van der Waals surface area contributed by atoms with E-state index in [-0.39, 0.29) is 41.1 Å². The summed E-state index contributed by atoms with van der Waals surface area (Å²) < 4.78 is 109. The highest BCUT2D eigenvalue weighted by atomic mass is 32.2. The molecule has 2 aromatic carbocycles. The summed E-state index contributed by atoms with van der Waals surface area (Å²) in [5, 5.41) is 2.12. The molecule has 32 heavy (non-hydrogen) atoms. The smallest absolute Gasteiger partial charge is 0.416 e. The Morgan fingerprint density at radius 1 is 0.969 bits per heavy atom. The summed E-state index contributed by atoms with van der Waals surface area (Å²) in [4.78, 5) is 12.1. The molecule has 2 rings (SSSR count). The van der Waals surface area contributed by atoms with Gasteiger partial charge in [0.15, 0.2) is 0 Å². The third-order valence-corrected chi connectivity index (χ3v) is 5.95. The van der Waals surface area contributed by atoms with E-state index in [0.29, 0.717) is 0 Å². The van der Waals surface area contributed by atoms with Gasteiger partial charge in [0.1, 0.15) is 10.6 Å². The number of carbonyl (C=O) groups excluding carboxylic acids is 1. The SMILES string of the molecule is CCOc1ccc(NC(=O)c2cc(C(F)(F)F)cc(C(F)(F)F)c2)cc1S(=O)(=O)N(C)C. The van der Waals surface area contributed by atoms with Gasteiger partial charge in [-0.15, -0.1) is 0 Å². The molecule has 0 bridgehead atoms. The van der Waals surface area contributed by atoms with Crippen LogP contribution in [0.15, 0.2) is 41.3 Å². The predicted molar refractivity (Wildman–Crippen MR) is 103 cm³/mol.